The van der Waals surface area contributed by atoms with Crippen LogP contribution in [0.3, 0.4) is 0 Å². The molecule has 1 unspecified atom stereocenters. The number of guanidine groups is 1. The summed E-state index contributed by atoms with van der Waals surface area (Å²) >= 11 is 0. The van der Waals surface area contributed by atoms with E-state index >= 15 is 0 Å². The lowest BCUT2D eigenvalue weighted by Crippen LogP contribution is -2.38. The van der Waals surface area contributed by atoms with Gasteiger partial charge in [-0.05, 0) is 19.1 Å². The van der Waals surface area contributed by atoms with Crippen molar-refractivity contribution in [3.8, 4) is 0 Å². The highest BCUT2D eigenvalue weighted by atomic mass is 127. The number of pyridine rings is 1. The molecular weight excluding hydrogens is 315 g/mol. The van der Waals surface area contributed by atoms with Gasteiger partial charge >= 0.3 is 0 Å². The lowest BCUT2D eigenvalue weighted by Gasteiger charge is -2.08. The molecule has 1 aromatic rings. The van der Waals surface area contributed by atoms with Crippen LogP contribution in [-0.4, -0.2) is 30.1 Å². The summed E-state index contributed by atoms with van der Waals surface area (Å²) in [5.41, 5.74) is 1.11. The Morgan fingerprint density at radius 3 is 3.00 bits per heavy atom. The highest BCUT2D eigenvalue weighted by Gasteiger charge is 2.10. The number of nitrogens with one attached hydrogen (secondary N) is 2. The minimum Gasteiger partial charge on any atom is -0.356 e. The first-order valence-corrected chi connectivity index (χ1v) is 5.29. The largest absolute Gasteiger partial charge is 0.356 e. The van der Waals surface area contributed by atoms with Crippen molar-refractivity contribution in [2.75, 3.05) is 13.1 Å². The Morgan fingerprint density at radius 1 is 1.50 bits per heavy atom. The average Bonchev–Trinajstić information content (AvgIpc) is 2.66. The summed E-state index contributed by atoms with van der Waals surface area (Å²) in [5.74, 6) is 0.915. The SMILES string of the molecule is CC1CN=C(NCCc2ccccn2)N1.I. The molecule has 2 N–H and O–H groups in total. The Morgan fingerprint density at radius 2 is 2.38 bits per heavy atom. The van der Waals surface area contributed by atoms with E-state index in [2.05, 4.69) is 27.5 Å². The van der Waals surface area contributed by atoms with E-state index in [1.807, 2.05) is 24.4 Å². The number of rotatable bonds is 3. The summed E-state index contributed by atoms with van der Waals surface area (Å²) in [6.45, 7) is 3.86. The van der Waals surface area contributed by atoms with Crippen LogP contribution in [-0.2, 0) is 6.42 Å². The second-order valence-corrected chi connectivity index (χ2v) is 3.73. The molecule has 5 heteroatoms. The summed E-state index contributed by atoms with van der Waals surface area (Å²) < 4.78 is 0. The first kappa shape index (κ1) is 13.2. The normalized spacial score (nSPS) is 18.3. The van der Waals surface area contributed by atoms with E-state index < -0.39 is 0 Å². The molecule has 0 saturated heterocycles. The molecule has 0 saturated carbocycles. The maximum Gasteiger partial charge on any atom is 0.191 e. The molecule has 0 fully saturated rings. The van der Waals surface area contributed by atoms with Crippen molar-refractivity contribution in [3.05, 3.63) is 30.1 Å². The smallest absolute Gasteiger partial charge is 0.191 e. The van der Waals surface area contributed by atoms with Crippen LogP contribution >= 0.6 is 24.0 Å². The second-order valence-electron chi connectivity index (χ2n) is 3.73. The summed E-state index contributed by atoms with van der Waals surface area (Å²) in [5, 5.41) is 6.52. The zero-order chi connectivity index (χ0) is 10.5. The van der Waals surface area contributed by atoms with Gasteiger partial charge in [0.2, 0.25) is 0 Å². The number of halogens is 1. The van der Waals surface area contributed by atoms with Gasteiger partial charge in [0.15, 0.2) is 5.96 Å². The number of aliphatic imine (C=N–C) groups is 1. The summed E-state index contributed by atoms with van der Waals surface area (Å²) in [4.78, 5) is 8.58. The van der Waals surface area contributed by atoms with Crippen LogP contribution < -0.4 is 10.6 Å². The van der Waals surface area contributed by atoms with E-state index in [1.165, 1.54) is 0 Å². The van der Waals surface area contributed by atoms with Crippen molar-refractivity contribution in [3.63, 3.8) is 0 Å². The third-order valence-electron chi connectivity index (χ3n) is 2.31. The molecule has 0 bridgehead atoms. The molecule has 1 aliphatic heterocycles. The predicted octanol–water partition coefficient (Wildman–Crippen LogP) is 1.18. The molecule has 16 heavy (non-hydrogen) atoms. The van der Waals surface area contributed by atoms with E-state index in [0.29, 0.717) is 6.04 Å². The lowest BCUT2D eigenvalue weighted by atomic mass is 10.3. The van der Waals surface area contributed by atoms with Crippen LogP contribution in [0.4, 0.5) is 0 Å². The quantitative estimate of drug-likeness (QED) is 0.818. The maximum absolute atomic E-state index is 4.32. The molecule has 1 atom stereocenters. The molecule has 0 aromatic carbocycles. The van der Waals surface area contributed by atoms with Crippen molar-refractivity contribution >= 4 is 29.9 Å². The molecule has 1 aromatic heterocycles. The van der Waals surface area contributed by atoms with E-state index in [1.54, 1.807) is 0 Å². The van der Waals surface area contributed by atoms with Gasteiger partial charge in [-0.2, -0.15) is 0 Å². The highest BCUT2D eigenvalue weighted by molar-refractivity contribution is 14.0. The van der Waals surface area contributed by atoms with Crippen LogP contribution in [0.1, 0.15) is 12.6 Å². The Balaban J connectivity index is 0.00000128. The van der Waals surface area contributed by atoms with Crippen LogP contribution in [0.5, 0.6) is 0 Å². The van der Waals surface area contributed by atoms with E-state index in [9.17, 15) is 0 Å². The molecule has 0 spiro atoms. The summed E-state index contributed by atoms with van der Waals surface area (Å²) in [6.07, 6.45) is 2.75. The van der Waals surface area contributed by atoms with Gasteiger partial charge in [0.1, 0.15) is 0 Å². The molecule has 2 rings (SSSR count). The third kappa shape index (κ3) is 3.96. The fourth-order valence-electron chi connectivity index (χ4n) is 1.51. The van der Waals surface area contributed by atoms with Crippen LogP contribution in [0, 0.1) is 0 Å². The Hall–Kier alpha value is -0.850. The second kappa shape index (κ2) is 6.67. The Kier molecular flexibility index (Phi) is 5.51. The summed E-state index contributed by atoms with van der Waals surface area (Å²) in [6, 6.07) is 6.44. The van der Waals surface area contributed by atoms with Crippen molar-refractivity contribution in [2.24, 2.45) is 4.99 Å². The predicted molar refractivity (Wildman–Crippen MR) is 76.3 cm³/mol. The first-order chi connectivity index (χ1) is 7.34. The molecule has 4 nitrogen and oxygen atoms in total. The Bertz CT molecular complexity index is 339. The highest BCUT2D eigenvalue weighted by Crippen LogP contribution is 1.95. The third-order valence-corrected chi connectivity index (χ3v) is 2.31. The topological polar surface area (TPSA) is 49.3 Å². The molecule has 2 heterocycles. The van der Waals surface area contributed by atoms with Gasteiger partial charge in [0.25, 0.3) is 0 Å². The average molecular weight is 332 g/mol. The number of hydrogen-bond acceptors (Lipinski definition) is 4. The van der Waals surface area contributed by atoms with E-state index in [4.69, 9.17) is 0 Å². The molecule has 88 valence electrons. The number of nitrogens with zero attached hydrogens (tertiary/aromatic N) is 2. The lowest BCUT2D eigenvalue weighted by molar-refractivity contribution is 0.711. The minimum atomic E-state index is 0. The van der Waals surface area contributed by atoms with Gasteiger partial charge in [-0.25, -0.2) is 0 Å². The van der Waals surface area contributed by atoms with Gasteiger partial charge in [-0.1, -0.05) is 6.07 Å². The minimum absolute atomic E-state index is 0. The fourth-order valence-corrected chi connectivity index (χ4v) is 1.51. The van der Waals surface area contributed by atoms with Gasteiger partial charge in [0.05, 0.1) is 6.54 Å². The van der Waals surface area contributed by atoms with Crippen LogP contribution in [0.2, 0.25) is 0 Å². The molecular formula is C11H17IN4. The monoisotopic (exact) mass is 332 g/mol. The standard InChI is InChI=1S/C11H16N4.HI/c1-9-8-14-11(15-9)13-7-5-10-4-2-3-6-12-10;/h2-4,6,9H,5,7-8H2,1H3,(H2,13,14,15);1H. The van der Waals surface area contributed by atoms with Crippen molar-refractivity contribution in [1.82, 2.24) is 15.6 Å². The van der Waals surface area contributed by atoms with Crippen molar-refractivity contribution < 1.29 is 0 Å². The zero-order valence-electron chi connectivity index (χ0n) is 9.31. The molecule has 1 aliphatic rings. The molecule has 0 amide bonds. The van der Waals surface area contributed by atoms with Gasteiger partial charge in [-0.3, -0.25) is 9.98 Å². The van der Waals surface area contributed by atoms with Crippen molar-refractivity contribution in [1.29, 1.82) is 0 Å². The van der Waals surface area contributed by atoms with E-state index in [-0.39, 0.29) is 24.0 Å². The maximum atomic E-state index is 4.32. The summed E-state index contributed by atoms with van der Waals surface area (Å²) in [7, 11) is 0. The van der Waals surface area contributed by atoms with Gasteiger partial charge in [0, 0.05) is 30.9 Å². The van der Waals surface area contributed by atoms with Gasteiger partial charge < -0.3 is 10.6 Å². The molecule has 0 radical (unpaired) electrons. The van der Waals surface area contributed by atoms with Crippen molar-refractivity contribution in [2.45, 2.75) is 19.4 Å². The van der Waals surface area contributed by atoms with Crippen LogP contribution in [0.25, 0.3) is 0 Å². The molecule has 0 aliphatic carbocycles. The van der Waals surface area contributed by atoms with Crippen LogP contribution in [0.15, 0.2) is 29.4 Å². The fraction of sp³-hybridized carbons (Fsp3) is 0.455. The number of hydrogen-bond donors (Lipinski definition) is 2. The van der Waals surface area contributed by atoms with E-state index in [0.717, 1.165) is 31.2 Å². The first-order valence-electron chi connectivity index (χ1n) is 5.29. The van der Waals surface area contributed by atoms with Gasteiger partial charge in [-0.15, -0.1) is 24.0 Å². The number of aromatic nitrogens is 1. The zero-order valence-corrected chi connectivity index (χ0v) is 11.6. The Labute approximate surface area is 113 Å².